The monoisotopic (exact) mass is 375 g/mol. The highest BCUT2D eigenvalue weighted by Gasteiger charge is 2.55. The Bertz CT molecular complexity index is 759. The number of rotatable bonds is 8. The lowest BCUT2D eigenvalue weighted by Gasteiger charge is -2.27. The van der Waals surface area contributed by atoms with Crippen LogP contribution in [-0.2, 0) is 29.5 Å². The summed E-state index contributed by atoms with van der Waals surface area (Å²) in [5, 5.41) is 11.2. The molecule has 1 aromatic carbocycles. The Balaban J connectivity index is 2.40. The number of carbonyl (C=O) groups is 3. The summed E-state index contributed by atoms with van der Waals surface area (Å²) in [5.41, 5.74) is -2.16. The first kappa shape index (κ1) is 20.6. The average Bonchev–Trinajstić information content (AvgIpc) is 2.89. The predicted octanol–water partition coefficient (Wildman–Crippen LogP) is 2.07. The van der Waals surface area contributed by atoms with E-state index in [1.807, 2.05) is 6.92 Å². The van der Waals surface area contributed by atoms with Crippen LogP contribution in [0.15, 0.2) is 36.4 Å². The minimum absolute atomic E-state index is 0.160. The van der Waals surface area contributed by atoms with Gasteiger partial charge >= 0.3 is 11.9 Å². The Labute approximate surface area is 158 Å². The number of carbonyl (C=O) groups excluding carboxylic acids is 3. The summed E-state index contributed by atoms with van der Waals surface area (Å²) < 4.78 is 10.1. The van der Waals surface area contributed by atoms with E-state index in [2.05, 4.69) is 6.58 Å². The molecule has 1 N–H and O–H groups in total. The summed E-state index contributed by atoms with van der Waals surface area (Å²) in [5.74, 6) is -2.29. The van der Waals surface area contributed by atoms with E-state index in [1.165, 1.54) is 13.0 Å². The summed E-state index contributed by atoms with van der Waals surface area (Å²) >= 11 is 0. The maximum atomic E-state index is 13.1. The number of anilines is 1. The summed E-state index contributed by atoms with van der Waals surface area (Å²) in [6.45, 7) is 9.06. The van der Waals surface area contributed by atoms with Crippen LogP contribution in [0.4, 0.5) is 5.69 Å². The molecule has 0 saturated heterocycles. The maximum absolute atomic E-state index is 13.1. The quantitative estimate of drug-likeness (QED) is 0.425. The molecule has 1 heterocycles. The fraction of sp³-hybridized carbons (Fsp3) is 0.450. The number of nitrogens with zero attached hydrogens (tertiary/aromatic N) is 1. The van der Waals surface area contributed by atoms with Crippen molar-refractivity contribution in [1.29, 1.82) is 0 Å². The number of para-hydroxylation sites is 1. The van der Waals surface area contributed by atoms with Crippen molar-refractivity contribution in [3.8, 4) is 0 Å². The number of amides is 1. The van der Waals surface area contributed by atoms with Gasteiger partial charge < -0.3 is 14.6 Å². The van der Waals surface area contributed by atoms with Crippen LogP contribution >= 0.6 is 0 Å². The number of hydrogen-bond acceptors (Lipinski definition) is 6. The van der Waals surface area contributed by atoms with E-state index in [-0.39, 0.29) is 24.4 Å². The van der Waals surface area contributed by atoms with Crippen molar-refractivity contribution in [2.45, 2.75) is 45.3 Å². The molecule has 0 saturated carbocycles. The van der Waals surface area contributed by atoms with Gasteiger partial charge in [-0.2, -0.15) is 0 Å². The maximum Gasteiger partial charge on any atom is 0.337 e. The van der Waals surface area contributed by atoms with E-state index < -0.39 is 29.5 Å². The standard InChI is InChI=1S/C20H25NO6/c1-5-7-12-27-17(22)13(3)20(25)15-10-8-9-11-16(15)21(19(20)24)14(4)18(23)26-6-2/h8-11,14,25H,3,5-7,12H2,1-2,4H3. The second kappa shape index (κ2) is 8.35. The molecule has 7 heteroatoms. The molecule has 1 amide bonds. The number of aliphatic hydroxyl groups is 1. The van der Waals surface area contributed by atoms with Crippen LogP contribution in [0.3, 0.4) is 0 Å². The molecule has 0 spiro atoms. The van der Waals surface area contributed by atoms with Gasteiger partial charge in [0.05, 0.1) is 24.5 Å². The fourth-order valence-electron chi connectivity index (χ4n) is 2.98. The van der Waals surface area contributed by atoms with Crippen molar-refractivity contribution in [1.82, 2.24) is 0 Å². The first-order chi connectivity index (χ1) is 12.8. The van der Waals surface area contributed by atoms with Gasteiger partial charge in [0, 0.05) is 5.56 Å². The van der Waals surface area contributed by atoms with Gasteiger partial charge in [-0.05, 0) is 26.3 Å². The second-order valence-electron chi connectivity index (χ2n) is 6.30. The van der Waals surface area contributed by atoms with Gasteiger partial charge in [0.1, 0.15) is 6.04 Å². The Morgan fingerprint density at radius 2 is 1.93 bits per heavy atom. The van der Waals surface area contributed by atoms with Crippen LogP contribution in [0.1, 0.15) is 39.2 Å². The van der Waals surface area contributed by atoms with E-state index in [4.69, 9.17) is 9.47 Å². The Morgan fingerprint density at radius 3 is 2.56 bits per heavy atom. The molecular formula is C20H25NO6. The van der Waals surface area contributed by atoms with E-state index >= 15 is 0 Å². The molecule has 0 aromatic heterocycles. The second-order valence-corrected chi connectivity index (χ2v) is 6.30. The average molecular weight is 375 g/mol. The summed E-state index contributed by atoms with van der Waals surface area (Å²) in [7, 11) is 0. The van der Waals surface area contributed by atoms with Gasteiger partial charge in [-0.3, -0.25) is 9.69 Å². The Hall–Kier alpha value is -2.67. The number of hydrogen-bond donors (Lipinski definition) is 1. The lowest BCUT2D eigenvalue weighted by molar-refractivity contribution is -0.148. The molecule has 1 aliphatic rings. The fourth-order valence-corrected chi connectivity index (χ4v) is 2.98. The zero-order valence-electron chi connectivity index (χ0n) is 15.9. The predicted molar refractivity (Wildman–Crippen MR) is 98.9 cm³/mol. The number of unbranched alkanes of at least 4 members (excludes halogenated alkanes) is 1. The van der Waals surface area contributed by atoms with Gasteiger partial charge in [0.25, 0.3) is 5.91 Å². The molecule has 2 unspecified atom stereocenters. The van der Waals surface area contributed by atoms with Gasteiger partial charge in [0.2, 0.25) is 5.60 Å². The molecule has 0 bridgehead atoms. The molecule has 146 valence electrons. The van der Waals surface area contributed by atoms with Crippen molar-refractivity contribution >= 4 is 23.5 Å². The van der Waals surface area contributed by atoms with E-state index in [9.17, 15) is 19.5 Å². The van der Waals surface area contributed by atoms with Crippen LogP contribution < -0.4 is 4.90 Å². The minimum atomic E-state index is -2.29. The lowest BCUT2D eigenvalue weighted by Crippen LogP contribution is -2.49. The van der Waals surface area contributed by atoms with Crippen LogP contribution in [0.2, 0.25) is 0 Å². The first-order valence-corrected chi connectivity index (χ1v) is 8.99. The highest BCUT2D eigenvalue weighted by atomic mass is 16.5. The van der Waals surface area contributed by atoms with Crippen molar-refractivity contribution in [2.24, 2.45) is 0 Å². The van der Waals surface area contributed by atoms with E-state index in [0.29, 0.717) is 12.1 Å². The SMILES string of the molecule is C=C(C(=O)OCCCC)C1(O)C(=O)N(C(C)C(=O)OCC)c2ccccc21. The van der Waals surface area contributed by atoms with Crippen LogP contribution in [0, 0.1) is 0 Å². The zero-order chi connectivity index (χ0) is 20.2. The summed E-state index contributed by atoms with van der Waals surface area (Å²) in [6, 6.07) is 5.44. The highest BCUT2D eigenvalue weighted by molar-refractivity contribution is 6.15. The molecule has 0 radical (unpaired) electrons. The van der Waals surface area contributed by atoms with Crippen molar-refractivity contribution in [3.05, 3.63) is 42.0 Å². The zero-order valence-corrected chi connectivity index (χ0v) is 15.9. The molecular weight excluding hydrogens is 350 g/mol. The third-order valence-electron chi connectivity index (χ3n) is 4.51. The van der Waals surface area contributed by atoms with E-state index in [1.54, 1.807) is 25.1 Å². The minimum Gasteiger partial charge on any atom is -0.464 e. The van der Waals surface area contributed by atoms with Crippen LogP contribution in [0.25, 0.3) is 0 Å². The molecule has 1 aromatic rings. The van der Waals surface area contributed by atoms with Gasteiger partial charge in [-0.1, -0.05) is 38.1 Å². The van der Waals surface area contributed by atoms with Crippen molar-refractivity contribution in [3.63, 3.8) is 0 Å². The molecule has 7 nitrogen and oxygen atoms in total. The lowest BCUT2D eigenvalue weighted by atomic mass is 9.88. The molecule has 0 aliphatic carbocycles. The molecule has 1 aliphatic heterocycles. The summed E-state index contributed by atoms with van der Waals surface area (Å²) in [4.78, 5) is 38.7. The topological polar surface area (TPSA) is 93.1 Å². The van der Waals surface area contributed by atoms with Crippen LogP contribution in [0.5, 0.6) is 0 Å². The molecule has 27 heavy (non-hydrogen) atoms. The number of esters is 2. The number of ether oxygens (including phenoxy) is 2. The normalized spacial score (nSPS) is 19.4. The number of fused-ring (bicyclic) bond motifs is 1. The van der Waals surface area contributed by atoms with Crippen molar-refractivity contribution in [2.75, 3.05) is 18.1 Å². The first-order valence-electron chi connectivity index (χ1n) is 8.99. The van der Waals surface area contributed by atoms with Gasteiger partial charge in [0.15, 0.2) is 0 Å². The Kier molecular flexibility index (Phi) is 6.38. The van der Waals surface area contributed by atoms with Gasteiger partial charge in [-0.15, -0.1) is 0 Å². The Morgan fingerprint density at radius 1 is 1.26 bits per heavy atom. The summed E-state index contributed by atoms with van der Waals surface area (Å²) in [6.07, 6.45) is 1.49. The van der Waals surface area contributed by atoms with Gasteiger partial charge in [-0.25, -0.2) is 9.59 Å². The highest BCUT2D eigenvalue weighted by Crippen LogP contribution is 2.45. The molecule has 2 rings (SSSR count). The van der Waals surface area contributed by atoms with Crippen LogP contribution in [-0.4, -0.2) is 42.2 Å². The third kappa shape index (κ3) is 3.60. The van der Waals surface area contributed by atoms with E-state index in [0.717, 1.165) is 11.3 Å². The smallest absolute Gasteiger partial charge is 0.337 e. The molecule has 2 atom stereocenters. The molecule has 0 fully saturated rings. The third-order valence-corrected chi connectivity index (χ3v) is 4.51. The largest absolute Gasteiger partial charge is 0.464 e. The number of benzene rings is 1. The van der Waals surface area contributed by atoms with Crippen molar-refractivity contribution < 1.29 is 29.0 Å².